The molecule has 24 heavy (non-hydrogen) atoms. The third kappa shape index (κ3) is 6.61. The Labute approximate surface area is 149 Å². The molecule has 0 aromatic carbocycles. The number of carbonyl (C=O) groups is 1. The van der Waals surface area contributed by atoms with Gasteiger partial charge in [0, 0.05) is 6.08 Å². The van der Waals surface area contributed by atoms with Crippen molar-refractivity contribution in [3.63, 3.8) is 0 Å². The second kappa shape index (κ2) is 10.9. The van der Waals surface area contributed by atoms with Crippen molar-refractivity contribution >= 4 is 5.97 Å². The van der Waals surface area contributed by atoms with Gasteiger partial charge in [-0.15, -0.1) is 0 Å². The molecule has 2 saturated carbocycles. The molecule has 0 bridgehead atoms. The molecule has 2 nitrogen and oxygen atoms in total. The minimum atomic E-state index is -0.163. The molecule has 0 atom stereocenters. The molecule has 2 aliphatic rings. The Kier molecular flexibility index (Phi) is 8.91. The normalized spacial score (nSPS) is 31.2. The van der Waals surface area contributed by atoms with Crippen molar-refractivity contribution in [1.29, 1.82) is 0 Å². The average Bonchev–Trinajstić information content (AvgIpc) is 2.64. The van der Waals surface area contributed by atoms with Crippen LogP contribution in [0.3, 0.4) is 0 Å². The van der Waals surface area contributed by atoms with Gasteiger partial charge >= 0.3 is 5.97 Å². The zero-order valence-electron chi connectivity index (χ0n) is 16.0. The van der Waals surface area contributed by atoms with E-state index >= 15 is 0 Å². The Morgan fingerprint density at radius 1 is 0.917 bits per heavy atom. The van der Waals surface area contributed by atoms with Crippen LogP contribution in [0.4, 0.5) is 0 Å². The largest absolute Gasteiger partial charge is 0.463 e. The fraction of sp³-hybridized carbons (Fsp3) is 0.864. The molecule has 138 valence electrons. The Balaban J connectivity index is 1.64. The van der Waals surface area contributed by atoms with Gasteiger partial charge in [0.2, 0.25) is 0 Å². The molecule has 2 rings (SSSR count). The van der Waals surface area contributed by atoms with Crippen LogP contribution in [0.15, 0.2) is 12.2 Å². The van der Waals surface area contributed by atoms with Crippen molar-refractivity contribution in [3.05, 3.63) is 12.2 Å². The van der Waals surface area contributed by atoms with E-state index in [0.717, 1.165) is 24.2 Å². The first-order valence-corrected chi connectivity index (χ1v) is 10.6. The number of hydrogen-bond acceptors (Lipinski definition) is 2. The molecule has 0 aromatic rings. The third-order valence-corrected chi connectivity index (χ3v) is 6.29. The lowest BCUT2D eigenvalue weighted by molar-refractivity contribution is -0.137. The number of hydrogen-bond donors (Lipinski definition) is 0. The van der Waals surface area contributed by atoms with E-state index in [1.807, 2.05) is 6.92 Å². The number of unbranched alkanes of at least 4 members (excludes halogenated alkanes) is 1. The maximum atomic E-state index is 11.6. The fourth-order valence-electron chi connectivity index (χ4n) is 4.72. The van der Waals surface area contributed by atoms with Crippen molar-refractivity contribution in [3.8, 4) is 0 Å². The molecule has 0 heterocycles. The van der Waals surface area contributed by atoms with Gasteiger partial charge < -0.3 is 4.74 Å². The highest BCUT2D eigenvalue weighted by Gasteiger charge is 2.30. The number of allylic oxidation sites excluding steroid dienone is 1. The van der Waals surface area contributed by atoms with E-state index in [-0.39, 0.29) is 5.97 Å². The first-order valence-electron chi connectivity index (χ1n) is 10.6. The summed E-state index contributed by atoms with van der Waals surface area (Å²) < 4.78 is 5.11. The van der Waals surface area contributed by atoms with E-state index in [1.54, 1.807) is 6.08 Å². The molecule has 2 aliphatic carbocycles. The van der Waals surface area contributed by atoms with Crippen LogP contribution in [0.1, 0.15) is 90.9 Å². The van der Waals surface area contributed by atoms with E-state index in [1.165, 1.54) is 70.6 Å². The van der Waals surface area contributed by atoms with Crippen LogP contribution >= 0.6 is 0 Å². The van der Waals surface area contributed by atoms with Gasteiger partial charge in [-0.25, -0.2) is 4.79 Å². The maximum absolute atomic E-state index is 11.6. The molecule has 0 aromatic heterocycles. The van der Waals surface area contributed by atoms with Gasteiger partial charge in [0.1, 0.15) is 0 Å². The van der Waals surface area contributed by atoms with E-state index < -0.39 is 0 Å². The zero-order chi connectivity index (χ0) is 17.2. The number of ether oxygens (including phenoxy) is 1. The topological polar surface area (TPSA) is 26.3 Å². The molecule has 0 unspecified atom stereocenters. The first-order chi connectivity index (χ1) is 11.7. The summed E-state index contributed by atoms with van der Waals surface area (Å²) in [4.78, 5) is 11.6. The molecule has 0 saturated heterocycles. The Morgan fingerprint density at radius 2 is 1.54 bits per heavy atom. The molecule has 2 heteroatoms. The highest BCUT2D eigenvalue weighted by molar-refractivity contribution is 5.81. The van der Waals surface area contributed by atoms with Crippen molar-refractivity contribution in [2.75, 3.05) is 6.61 Å². The smallest absolute Gasteiger partial charge is 0.330 e. The van der Waals surface area contributed by atoms with Gasteiger partial charge in [0.25, 0.3) is 0 Å². The van der Waals surface area contributed by atoms with Crippen LogP contribution in [0.25, 0.3) is 0 Å². The molecular weight excluding hydrogens is 296 g/mol. The fourth-order valence-corrected chi connectivity index (χ4v) is 4.72. The summed E-state index contributed by atoms with van der Waals surface area (Å²) in [7, 11) is 0. The zero-order valence-corrected chi connectivity index (χ0v) is 16.0. The summed E-state index contributed by atoms with van der Waals surface area (Å²) in [6.07, 6.45) is 20.1. The number of rotatable bonds is 8. The molecule has 0 radical (unpaired) electrons. The van der Waals surface area contributed by atoms with Crippen LogP contribution < -0.4 is 0 Å². The minimum absolute atomic E-state index is 0.163. The Bertz CT molecular complexity index is 371. The Morgan fingerprint density at radius 3 is 2.12 bits per heavy atom. The van der Waals surface area contributed by atoms with Crippen molar-refractivity contribution in [2.45, 2.75) is 90.9 Å². The minimum Gasteiger partial charge on any atom is -0.463 e. The van der Waals surface area contributed by atoms with Crippen molar-refractivity contribution in [1.82, 2.24) is 0 Å². The second-order valence-corrected chi connectivity index (χ2v) is 8.12. The van der Waals surface area contributed by atoms with Crippen molar-refractivity contribution < 1.29 is 9.53 Å². The summed E-state index contributed by atoms with van der Waals surface area (Å²) >= 11 is 0. The molecule has 0 spiro atoms. The van der Waals surface area contributed by atoms with Crippen LogP contribution in [0.2, 0.25) is 0 Å². The van der Waals surface area contributed by atoms with E-state index in [0.29, 0.717) is 12.5 Å². The molecule has 0 aliphatic heterocycles. The Hall–Kier alpha value is -0.790. The number of carbonyl (C=O) groups excluding carboxylic acids is 1. The monoisotopic (exact) mass is 334 g/mol. The second-order valence-electron chi connectivity index (χ2n) is 8.12. The van der Waals surface area contributed by atoms with E-state index in [2.05, 4.69) is 13.0 Å². The molecule has 0 amide bonds. The summed E-state index contributed by atoms with van der Waals surface area (Å²) in [5.74, 6) is 3.39. The first kappa shape index (κ1) is 19.5. The van der Waals surface area contributed by atoms with Crippen LogP contribution in [0.5, 0.6) is 0 Å². The standard InChI is InChI=1S/C22H38O2/c1-3-5-6-18-7-12-20(13-8-18)21-14-9-19(10-15-21)11-16-22(23)24-17-4-2/h11,16,18-21H,3-10,12-15,17H2,1-2H3/b16-11+. The molecule has 2 fully saturated rings. The van der Waals surface area contributed by atoms with E-state index in [9.17, 15) is 4.79 Å². The summed E-state index contributed by atoms with van der Waals surface area (Å²) in [6.45, 7) is 4.87. The lowest BCUT2D eigenvalue weighted by atomic mass is 9.68. The quantitative estimate of drug-likeness (QED) is 0.384. The predicted molar refractivity (Wildman–Crippen MR) is 101 cm³/mol. The summed E-state index contributed by atoms with van der Waals surface area (Å²) in [6, 6.07) is 0. The SMILES string of the molecule is CCCCC1CCC(C2CCC(/C=C/C(=O)OCCC)CC2)CC1. The van der Waals surface area contributed by atoms with Gasteiger partial charge in [0.05, 0.1) is 6.61 Å². The highest BCUT2D eigenvalue weighted by atomic mass is 16.5. The van der Waals surface area contributed by atoms with Crippen LogP contribution in [-0.4, -0.2) is 12.6 Å². The van der Waals surface area contributed by atoms with Gasteiger partial charge in [-0.2, -0.15) is 0 Å². The van der Waals surface area contributed by atoms with Gasteiger partial charge in [-0.05, 0) is 68.6 Å². The third-order valence-electron chi connectivity index (χ3n) is 6.29. The number of esters is 1. The van der Waals surface area contributed by atoms with E-state index in [4.69, 9.17) is 4.74 Å². The summed E-state index contributed by atoms with van der Waals surface area (Å²) in [5, 5.41) is 0. The summed E-state index contributed by atoms with van der Waals surface area (Å²) in [5.41, 5.74) is 0. The van der Waals surface area contributed by atoms with Crippen LogP contribution in [-0.2, 0) is 9.53 Å². The predicted octanol–water partition coefficient (Wildman–Crippen LogP) is 6.30. The average molecular weight is 335 g/mol. The van der Waals surface area contributed by atoms with Gasteiger partial charge in [-0.1, -0.05) is 52.0 Å². The lowest BCUT2D eigenvalue weighted by Crippen LogP contribution is -2.25. The maximum Gasteiger partial charge on any atom is 0.330 e. The lowest BCUT2D eigenvalue weighted by Gasteiger charge is -2.37. The molecular formula is C22H38O2. The molecule has 0 N–H and O–H groups in total. The van der Waals surface area contributed by atoms with Crippen LogP contribution in [0, 0.1) is 23.7 Å². The van der Waals surface area contributed by atoms with Gasteiger partial charge in [0.15, 0.2) is 0 Å². The van der Waals surface area contributed by atoms with Gasteiger partial charge in [-0.3, -0.25) is 0 Å². The van der Waals surface area contributed by atoms with Crippen molar-refractivity contribution in [2.24, 2.45) is 23.7 Å². The highest BCUT2D eigenvalue weighted by Crippen LogP contribution is 2.42.